The molecule has 32 heavy (non-hydrogen) atoms. The zero-order valence-corrected chi connectivity index (χ0v) is 17.3. The van der Waals surface area contributed by atoms with Gasteiger partial charge in [0.25, 0.3) is 0 Å². The molecule has 9 heteroatoms. The maximum atomic E-state index is 4.85. The summed E-state index contributed by atoms with van der Waals surface area (Å²) in [6, 6.07) is 16.0. The van der Waals surface area contributed by atoms with Gasteiger partial charge in [-0.2, -0.15) is 9.97 Å². The maximum Gasteiger partial charge on any atom is 0.231 e. The van der Waals surface area contributed by atoms with Crippen LogP contribution in [-0.2, 0) is 0 Å². The number of nitrogens with one attached hydrogen (secondary N) is 2. The monoisotopic (exact) mass is 423 g/mol. The Hall–Kier alpha value is -4.27. The Morgan fingerprint density at radius 3 is 2.56 bits per heavy atom. The number of fused-ring (bicyclic) bond motifs is 2. The molecular formula is C23H21N9. The van der Waals surface area contributed by atoms with Gasteiger partial charge in [0, 0.05) is 49.6 Å². The molecule has 4 aromatic heterocycles. The molecule has 5 heterocycles. The normalized spacial score (nSPS) is 14.2. The van der Waals surface area contributed by atoms with E-state index in [0.29, 0.717) is 11.6 Å². The van der Waals surface area contributed by atoms with E-state index in [-0.39, 0.29) is 0 Å². The largest absolute Gasteiger partial charge is 0.353 e. The second-order valence-corrected chi connectivity index (χ2v) is 7.67. The SMILES string of the molecule is c1ccc(N2CCN(c3nc(Nc4ccc5ncccc5c4)nc4nc[nH]c34)CC2)nc1. The summed E-state index contributed by atoms with van der Waals surface area (Å²) in [5.74, 6) is 2.39. The van der Waals surface area contributed by atoms with Gasteiger partial charge in [0.05, 0.1) is 11.8 Å². The number of aromatic nitrogens is 6. The molecule has 0 amide bonds. The molecule has 0 radical (unpaired) electrons. The van der Waals surface area contributed by atoms with Crippen LogP contribution < -0.4 is 15.1 Å². The number of benzene rings is 1. The molecule has 2 N–H and O–H groups in total. The van der Waals surface area contributed by atoms with Crippen LogP contribution in [0.25, 0.3) is 22.1 Å². The summed E-state index contributed by atoms with van der Waals surface area (Å²) in [7, 11) is 0. The fourth-order valence-electron chi connectivity index (χ4n) is 4.07. The number of rotatable bonds is 4. The zero-order valence-electron chi connectivity index (χ0n) is 17.3. The van der Waals surface area contributed by atoms with E-state index in [2.05, 4.69) is 46.1 Å². The predicted octanol–water partition coefficient (Wildman–Crippen LogP) is 3.37. The van der Waals surface area contributed by atoms with Crippen molar-refractivity contribution < 1.29 is 0 Å². The smallest absolute Gasteiger partial charge is 0.231 e. The van der Waals surface area contributed by atoms with Crippen LogP contribution in [0, 0.1) is 0 Å². The first-order chi connectivity index (χ1) is 15.8. The topological polar surface area (TPSA) is 98.7 Å². The molecule has 0 saturated carbocycles. The Labute approximate surface area is 184 Å². The van der Waals surface area contributed by atoms with Crippen LogP contribution in [-0.4, -0.2) is 56.1 Å². The summed E-state index contributed by atoms with van der Waals surface area (Å²) in [5, 5.41) is 4.40. The van der Waals surface area contributed by atoms with E-state index >= 15 is 0 Å². The van der Waals surface area contributed by atoms with Crippen LogP contribution in [0.5, 0.6) is 0 Å². The van der Waals surface area contributed by atoms with E-state index in [1.54, 1.807) is 12.5 Å². The predicted molar refractivity (Wildman–Crippen MR) is 125 cm³/mol. The molecule has 5 aromatic rings. The van der Waals surface area contributed by atoms with Crippen molar-refractivity contribution in [3.8, 4) is 0 Å². The average molecular weight is 423 g/mol. The average Bonchev–Trinajstić information content (AvgIpc) is 3.33. The summed E-state index contributed by atoms with van der Waals surface area (Å²) >= 11 is 0. The number of aromatic amines is 1. The fourth-order valence-corrected chi connectivity index (χ4v) is 4.07. The molecule has 6 rings (SSSR count). The van der Waals surface area contributed by atoms with Crippen molar-refractivity contribution >= 4 is 45.3 Å². The van der Waals surface area contributed by atoms with Gasteiger partial charge in [0.2, 0.25) is 5.95 Å². The van der Waals surface area contributed by atoms with Gasteiger partial charge in [0.1, 0.15) is 11.3 Å². The summed E-state index contributed by atoms with van der Waals surface area (Å²) in [6.07, 6.45) is 5.30. The Balaban J connectivity index is 1.28. The van der Waals surface area contributed by atoms with Gasteiger partial charge in [-0.05, 0) is 36.4 Å². The number of H-pyrrole nitrogens is 1. The maximum absolute atomic E-state index is 4.85. The molecule has 0 unspecified atom stereocenters. The Morgan fingerprint density at radius 2 is 1.69 bits per heavy atom. The van der Waals surface area contributed by atoms with E-state index in [0.717, 1.165) is 59.9 Å². The molecule has 1 aromatic carbocycles. The van der Waals surface area contributed by atoms with Crippen molar-refractivity contribution in [2.45, 2.75) is 0 Å². The molecule has 9 nitrogen and oxygen atoms in total. The first kappa shape index (κ1) is 18.5. The van der Waals surface area contributed by atoms with Crippen LogP contribution >= 0.6 is 0 Å². The number of imidazole rings is 1. The minimum absolute atomic E-state index is 0.523. The number of pyridine rings is 2. The molecule has 0 aliphatic carbocycles. The standard InChI is InChI=1S/C23H21N9/c1-2-8-25-19(5-1)31-10-12-32(13-11-31)22-20-21(27-15-26-20)29-23(30-22)28-17-6-7-18-16(14-17)4-3-9-24-18/h1-9,14-15H,10-13H2,(H2,26,27,28,29,30). The van der Waals surface area contributed by atoms with Crippen molar-refractivity contribution in [1.82, 2.24) is 29.9 Å². The highest BCUT2D eigenvalue weighted by Crippen LogP contribution is 2.27. The molecule has 1 aliphatic heterocycles. The Morgan fingerprint density at radius 1 is 0.812 bits per heavy atom. The zero-order chi connectivity index (χ0) is 21.3. The second kappa shape index (κ2) is 7.77. The molecule has 1 aliphatic rings. The van der Waals surface area contributed by atoms with Crippen LogP contribution in [0.1, 0.15) is 0 Å². The molecule has 1 fully saturated rings. The highest BCUT2D eigenvalue weighted by Gasteiger charge is 2.22. The lowest BCUT2D eigenvalue weighted by Gasteiger charge is -2.36. The van der Waals surface area contributed by atoms with Gasteiger partial charge in [0.15, 0.2) is 11.5 Å². The lowest BCUT2D eigenvalue weighted by molar-refractivity contribution is 0.643. The van der Waals surface area contributed by atoms with Crippen LogP contribution in [0.4, 0.5) is 23.3 Å². The first-order valence-corrected chi connectivity index (χ1v) is 10.6. The quantitative estimate of drug-likeness (QED) is 0.454. The first-order valence-electron chi connectivity index (χ1n) is 10.6. The van der Waals surface area contributed by atoms with Crippen LogP contribution in [0.2, 0.25) is 0 Å². The minimum Gasteiger partial charge on any atom is -0.353 e. The second-order valence-electron chi connectivity index (χ2n) is 7.67. The molecular weight excluding hydrogens is 402 g/mol. The highest BCUT2D eigenvalue weighted by molar-refractivity contribution is 5.86. The van der Waals surface area contributed by atoms with Crippen LogP contribution in [0.3, 0.4) is 0 Å². The fraction of sp³-hybridized carbons (Fsp3) is 0.174. The lowest BCUT2D eigenvalue weighted by atomic mass is 10.2. The number of hydrogen-bond acceptors (Lipinski definition) is 8. The van der Waals surface area contributed by atoms with Crippen molar-refractivity contribution in [1.29, 1.82) is 0 Å². The van der Waals surface area contributed by atoms with E-state index < -0.39 is 0 Å². The van der Waals surface area contributed by atoms with Crippen molar-refractivity contribution in [2.75, 3.05) is 41.3 Å². The van der Waals surface area contributed by atoms with Crippen molar-refractivity contribution in [3.63, 3.8) is 0 Å². The number of anilines is 4. The number of hydrogen-bond donors (Lipinski definition) is 2. The highest BCUT2D eigenvalue weighted by atomic mass is 15.3. The Bertz CT molecular complexity index is 1370. The molecule has 0 spiro atoms. The third-order valence-electron chi connectivity index (χ3n) is 5.68. The minimum atomic E-state index is 0.523. The molecule has 0 bridgehead atoms. The molecule has 1 saturated heterocycles. The molecule has 158 valence electrons. The summed E-state index contributed by atoms with van der Waals surface area (Å²) in [4.78, 5) is 30.5. The van der Waals surface area contributed by atoms with Gasteiger partial charge in [-0.1, -0.05) is 12.1 Å². The van der Waals surface area contributed by atoms with Gasteiger partial charge < -0.3 is 20.1 Å². The summed E-state index contributed by atoms with van der Waals surface area (Å²) in [5.41, 5.74) is 3.36. The van der Waals surface area contributed by atoms with E-state index in [1.165, 1.54) is 0 Å². The van der Waals surface area contributed by atoms with E-state index in [1.807, 2.05) is 48.7 Å². The Kier molecular flexibility index (Phi) is 4.49. The molecule has 0 atom stereocenters. The third-order valence-corrected chi connectivity index (χ3v) is 5.68. The van der Waals surface area contributed by atoms with Gasteiger partial charge in [-0.15, -0.1) is 0 Å². The third kappa shape index (κ3) is 3.43. The number of nitrogens with zero attached hydrogens (tertiary/aromatic N) is 7. The van der Waals surface area contributed by atoms with Gasteiger partial charge in [-0.25, -0.2) is 9.97 Å². The summed E-state index contributed by atoms with van der Waals surface area (Å²) in [6.45, 7) is 3.42. The van der Waals surface area contributed by atoms with Crippen molar-refractivity contribution in [3.05, 3.63) is 67.3 Å². The van der Waals surface area contributed by atoms with Gasteiger partial charge >= 0.3 is 0 Å². The van der Waals surface area contributed by atoms with E-state index in [9.17, 15) is 0 Å². The van der Waals surface area contributed by atoms with Crippen molar-refractivity contribution in [2.24, 2.45) is 0 Å². The van der Waals surface area contributed by atoms with Crippen LogP contribution in [0.15, 0.2) is 67.3 Å². The summed E-state index contributed by atoms with van der Waals surface area (Å²) < 4.78 is 0. The van der Waals surface area contributed by atoms with Gasteiger partial charge in [-0.3, -0.25) is 4.98 Å². The number of piperazine rings is 1. The lowest BCUT2D eigenvalue weighted by Crippen LogP contribution is -2.47. The van der Waals surface area contributed by atoms with E-state index in [4.69, 9.17) is 4.98 Å².